The molecule has 4 heteroatoms. The molecule has 1 aromatic carbocycles. The first-order chi connectivity index (χ1) is 6.72. The van der Waals surface area contributed by atoms with Crippen LogP contribution in [-0.4, -0.2) is 24.0 Å². The predicted octanol–water partition coefficient (Wildman–Crippen LogP) is 0.802. The number of rotatable bonds is 5. The maximum Gasteiger partial charge on any atom is 0.307 e. The summed E-state index contributed by atoms with van der Waals surface area (Å²) in [5, 5.41) is 8.50. The summed E-state index contributed by atoms with van der Waals surface area (Å²) in [5.41, 5.74) is 0.694. The molecular weight excluding hydrogens is 184 g/mol. The van der Waals surface area contributed by atoms with Crippen LogP contribution in [-0.2, 0) is 16.0 Å². The fourth-order valence-corrected chi connectivity index (χ4v) is 0.991. The third-order valence-corrected chi connectivity index (χ3v) is 1.58. The van der Waals surface area contributed by atoms with Crippen LogP contribution < -0.4 is 4.74 Å². The summed E-state index contributed by atoms with van der Waals surface area (Å²) in [5.74, 6) is -0.345. The highest BCUT2D eigenvalue weighted by Gasteiger charge is 2.00. The van der Waals surface area contributed by atoms with E-state index in [9.17, 15) is 9.59 Å². The van der Waals surface area contributed by atoms with Crippen LogP contribution in [0.1, 0.15) is 5.56 Å². The lowest BCUT2D eigenvalue weighted by atomic mass is 10.1. The Morgan fingerprint density at radius 2 is 2.00 bits per heavy atom. The van der Waals surface area contributed by atoms with E-state index in [-0.39, 0.29) is 13.0 Å². The minimum atomic E-state index is -0.875. The lowest BCUT2D eigenvalue weighted by Crippen LogP contribution is -2.00. The molecule has 0 aliphatic carbocycles. The maximum atomic E-state index is 10.3. The van der Waals surface area contributed by atoms with Gasteiger partial charge in [0.1, 0.15) is 5.75 Å². The quantitative estimate of drug-likeness (QED) is 0.751. The summed E-state index contributed by atoms with van der Waals surface area (Å²) in [6.45, 7) is -0.113. The first kappa shape index (κ1) is 10.2. The highest BCUT2D eigenvalue weighted by Crippen LogP contribution is 2.12. The maximum absolute atomic E-state index is 10.3. The summed E-state index contributed by atoms with van der Waals surface area (Å²) in [7, 11) is 0. The van der Waals surface area contributed by atoms with Gasteiger partial charge in [-0.15, -0.1) is 0 Å². The average molecular weight is 193 g/mol. The molecule has 0 aliphatic heterocycles. The third kappa shape index (κ3) is 3.26. The van der Waals surface area contributed by atoms with Crippen molar-refractivity contribution in [3.8, 4) is 5.75 Å². The van der Waals surface area contributed by atoms with Crippen LogP contribution in [0.25, 0.3) is 0 Å². The topological polar surface area (TPSA) is 63.6 Å². The van der Waals surface area contributed by atoms with E-state index in [1.54, 1.807) is 30.6 Å². The van der Waals surface area contributed by atoms with Gasteiger partial charge in [-0.1, -0.05) is 12.1 Å². The van der Waals surface area contributed by atoms with Gasteiger partial charge in [0.05, 0.1) is 6.42 Å². The lowest BCUT2D eigenvalue weighted by molar-refractivity contribution is -0.136. The molecule has 1 aromatic rings. The average Bonchev–Trinajstić information content (AvgIpc) is 2.16. The molecule has 14 heavy (non-hydrogen) atoms. The van der Waals surface area contributed by atoms with E-state index in [2.05, 4.69) is 0 Å². The van der Waals surface area contributed by atoms with Gasteiger partial charge in [0.2, 0.25) is 6.29 Å². The number of aliphatic carboxylic acids is 1. The third-order valence-electron chi connectivity index (χ3n) is 1.58. The molecule has 0 fully saturated rings. The summed E-state index contributed by atoms with van der Waals surface area (Å²) in [6.07, 6.45) is 1.58. The minimum Gasteiger partial charge on any atom is -0.485 e. The normalized spacial score (nSPS) is 9.43. The largest absolute Gasteiger partial charge is 0.485 e. The zero-order valence-electron chi connectivity index (χ0n) is 7.40. The van der Waals surface area contributed by atoms with Gasteiger partial charge in [0, 0.05) is 0 Å². The van der Waals surface area contributed by atoms with E-state index in [4.69, 9.17) is 9.84 Å². The summed E-state index contributed by atoms with van der Waals surface area (Å²) < 4.78 is 4.94. The van der Waals surface area contributed by atoms with Gasteiger partial charge in [-0.2, -0.15) is 0 Å². The van der Waals surface area contributed by atoms with Crippen molar-refractivity contribution in [3.05, 3.63) is 29.8 Å². The van der Waals surface area contributed by atoms with Crippen molar-refractivity contribution in [1.29, 1.82) is 0 Å². The lowest BCUT2D eigenvalue weighted by Gasteiger charge is -2.02. The molecule has 0 saturated heterocycles. The van der Waals surface area contributed by atoms with Gasteiger partial charge in [0.25, 0.3) is 0 Å². The molecular formula is C10H9O4. The molecule has 1 rings (SSSR count). The molecule has 0 unspecified atom stereocenters. The minimum absolute atomic E-state index is 0.0138. The Kier molecular flexibility index (Phi) is 3.67. The number of ether oxygens (including phenoxy) is 1. The first-order valence-corrected chi connectivity index (χ1v) is 4.01. The molecule has 0 spiro atoms. The highest BCUT2D eigenvalue weighted by molar-refractivity contribution is 5.70. The number of carboxylic acid groups (broad SMARTS) is 1. The standard InChI is InChI=1S/C10H9O4/c11-5-6-14-9-3-1-8(2-4-9)7-10(12)13/h1-4H,6-7H2,(H,12,13). The number of hydrogen-bond acceptors (Lipinski definition) is 3. The van der Waals surface area contributed by atoms with E-state index < -0.39 is 5.97 Å². The Balaban J connectivity index is 2.58. The molecule has 73 valence electrons. The summed E-state index contributed by atoms with van der Waals surface area (Å²) in [6, 6.07) is 6.54. The molecule has 0 aliphatic rings. The Bertz CT molecular complexity index is 315. The number of hydrogen-bond donors (Lipinski definition) is 1. The Labute approximate surface area is 81.1 Å². The Hall–Kier alpha value is -1.84. The molecule has 0 saturated carbocycles. The number of carboxylic acids is 1. The SMILES string of the molecule is O=[C]COc1ccc(CC(=O)O)cc1. The van der Waals surface area contributed by atoms with Gasteiger partial charge >= 0.3 is 5.97 Å². The first-order valence-electron chi connectivity index (χ1n) is 4.01. The van der Waals surface area contributed by atoms with Crippen molar-refractivity contribution in [1.82, 2.24) is 0 Å². The van der Waals surface area contributed by atoms with Crippen LogP contribution >= 0.6 is 0 Å². The summed E-state index contributed by atoms with van der Waals surface area (Å²) >= 11 is 0. The monoisotopic (exact) mass is 193 g/mol. The van der Waals surface area contributed by atoms with Crippen LogP contribution in [0.2, 0.25) is 0 Å². The highest BCUT2D eigenvalue weighted by atomic mass is 16.5. The van der Waals surface area contributed by atoms with Crippen molar-refractivity contribution in [2.45, 2.75) is 6.42 Å². The zero-order valence-corrected chi connectivity index (χ0v) is 7.40. The number of carbonyl (C=O) groups excluding carboxylic acids is 1. The van der Waals surface area contributed by atoms with Crippen molar-refractivity contribution in [3.63, 3.8) is 0 Å². The van der Waals surface area contributed by atoms with Gasteiger partial charge in [-0.25, -0.2) is 0 Å². The second kappa shape index (κ2) is 5.01. The second-order valence-electron chi connectivity index (χ2n) is 2.65. The van der Waals surface area contributed by atoms with E-state index in [0.717, 1.165) is 0 Å². The van der Waals surface area contributed by atoms with Crippen LogP contribution in [0.4, 0.5) is 0 Å². The smallest absolute Gasteiger partial charge is 0.307 e. The van der Waals surface area contributed by atoms with E-state index in [1.807, 2.05) is 0 Å². The van der Waals surface area contributed by atoms with E-state index in [0.29, 0.717) is 11.3 Å². The molecule has 4 nitrogen and oxygen atoms in total. The number of benzene rings is 1. The van der Waals surface area contributed by atoms with E-state index >= 15 is 0 Å². The van der Waals surface area contributed by atoms with Crippen LogP contribution in [0.15, 0.2) is 24.3 Å². The van der Waals surface area contributed by atoms with Crippen LogP contribution in [0.5, 0.6) is 5.75 Å². The molecule has 0 amide bonds. The molecule has 0 heterocycles. The predicted molar refractivity (Wildman–Crippen MR) is 49.0 cm³/mol. The van der Waals surface area contributed by atoms with Crippen LogP contribution in [0.3, 0.4) is 0 Å². The van der Waals surface area contributed by atoms with Gasteiger partial charge in [-0.05, 0) is 17.7 Å². The molecule has 1 radical (unpaired) electrons. The molecule has 0 atom stereocenters. The fourth-order valence-electron chi connectivity index (χ4n) is 0.991. The van der Waals surface area contributed by atoms with Gasteiger partial charge < -0.3 is 9.84 Å². The zero-order chi connectivity index (χ0) is 10.4. The van der Waals surface area contributed by atoms with Crippen molar-refractivity contribution < 1.29 is 19.4 Å². The molecule has 0 aromatic heterocycles. The molecule has 0 bridgehead atoms. The Morgan fingerprint density at radius 3 is 2.50 bits per heavy atom. The molecule has 1 N–H and O–H groups in total. The van der Waals surface area contributed by atoms with Crippen molar-refractivity contribution in [2.75, 3.05) is 6.61 Å². The van der Waals surface area contributed by atoms with Crippen molar-refractivity contribution >= 4 is 12.3 Å². The van der Waals surface area contributed by atoms with Crippen molar-refractivity contribution in [2.24, 2.45) is 0 Å². The summed E-state index contributed by atoms with van der Waals surface area (Å²) in [4.78, 5) is 20.2. The fraction of sp³-hybridized carbons (Fsp3) is 0.200. The van der Waals surface area contributed by atoms with Gasteiger partial charge in [-0.3, -0.25) is 9.59 Å². The Morgan fingerprint density at radius 1 is 1.36 bits per heavy atom. The van der Waals surface area contributed by atoms with E-state index in [1.165, 1.54) is 0 Å². The van der Waals surface area contributed by atoms with Gasteiger partial charge in [0.15, 0.2) is 6.61 Å². The van der Waals surface area contributed by atoms with Crippen LogP contribution in [0, 0.1) is 0 Å². The second-order valence-corrected chi connectivity index (χ2v) is 2.65. The number of carbonyl (C=O) groups is 1.